The van der Waals surface area contributed by atoms with Crippen molar-refractivity contribution < 1.29 is 7.65 Å². The van der Waals surface area contributed by atoms with Crippen LogP contribution in [0.2, 0.25) is 0 Å². The molecule has 0 radical (unpaired) electrons. The van der Waals surface area contributed by atoms with E-state index in [0.29, 0.717) is 0 Å². The Labute approximate surface area is 82.6 Å². The minimum atomic E-state index is 0. The molecule has 0 heterocycles. The average molecular weight is 152 g/mol. The Hall–Kier alpha value is 1.02. The molecule has 4 heteroatoms. The maximum Gasteiger partial charge on any atom is 2.00 e. The Balaban J connectivity index is -0.0000000133. The van der Waals surface area contributed by atoms with Crippen molar-refractivity contribution in [2.75, 3.05) is 14.1 Å². The van der Waals surface area contributed by atoms with Gasteiger partial charge in [0.05, 0.1) is 0 Å². The normalized spacial score (nSPS) is 4.86. The number of amides is 1. The van der Waals surface area contributed by atoms with E-state index in [1.54, 1.807) is 14.1 Å². The zero-order chi connectivity index (χ0) is 4.28. The van der Waals surface area contributed by atoms with Crippen LogP contribution in [0.25, 0.3) is 0 Å². The van der Waals surface area contributed by atoms with Gasteiger partial charge in [0.2, 0.25) is 6.41 Å². The molecule has 0 rings (SSSR count). The summed E-state index contributed by atoms with van der Waals surface area (Å²) in [5.41, 5.74) is 0. The van der Waals surface area contributed by atoms with Crippen molar-refractivity contribution in [3.05, 3.63) is 0 Å². The van der Waals surface area contributed by atoms with Crippen LogP contribution in [0, 0.1) is 0 Å². The smallest absolute Gasteiger partial charge is 1.00 e. The van der Waals surface area contributed by atoms with Gasteiger partial charge in [-0.1, -0.05) is 0 Å². The second kappa shape index (κ2) is 10.1. The number of hydrogen-bond acceptors (Lipinski definition) is 1. The molecule has 0 aliphatic carbocycles. The van der Waals surface area contributed by atoms with Gasteiger partial charge in [0.25, 0.3) is 0 Å². The molecule has 0 saturated heterocycles. The molecule has 1 amide bonds. The Morgan fingerprint density at radius 1 is 1.57 bits per heavy atom. The summed E-state index contributed by atoms with van der Waals surface area (Å²) in [7, 11) is 3.38. The number of nitrogens with zero attached hydrogens (tertiary/aromatic N) is 1. The first-order valence-electron chi connectivity index (χ1n) is 1.39. The molecule has 0 aromatic carbocycles. The van der Waals surface area contributed by atoms with Gasteiger partial charge in [-0.2, -0.15) is 0 Å². The quantitative estimate of drug-likeness (QED) is 0.381. The summed E-state index contributed by atoms with van der Waals surface area (Å²) in [5.74, 6) is 0. The van der Waals surface area contributed by atoms with Gasteiger partial charge in [0, 0.05) is 14.1 Å². The summed E-state index contributed by atoms with van der Waals surface area (Å²) in [6, 6.07) is 0. The summed E-state index contributed by atoms with van der Waals surface area (Å²) in [4.78, 5) is 10.9. The largest absolute Gasteiger partial charge is 2.00 e. The van der Waals surface area contributed by atoms with Gasteiger partial charge in [-0.25, -0.2) is 0 Å². The van der Waals surface area contributed by atoms with E-state index in [0.717, 1.165) is 6.41 Å². The number of hydrogen-bond donors (Lipinski definition) is 0. The average Bonchev–Trinajstić information content (AvgIpc) is 1.38. The third-order valence-corrected chi connectivity index (χ3v) is 0.211. The van der Waals surface area contributed by atoms with E-state index in [2.05, 4.69) is 0 Å². The summed E-state index contributed by atoms with van der Waals surface area (Å²) < 4.78 is 0. The first-order chi connectivity index (χ1) is 2.27. The van der Waals surface area contributed by atoms with E-state index in [-0.39, 0.29) is 53.0 Å². The van der Waals surface area contributed by atoms with Crippen LogP contribution in [0.1, 0.15) is 2.85 Å². The molecule has 0 unspecified atom stereocenters. The predicted octanol–water partition coefficient (Wildman–Crippen LogP) is -0.0296. The summed E-state index contributed by atoms with van der Waals surface area (Å²) >= 11 is 0. The molecule has 7 heavy (non-hydrogen) atoms. The summed E-state index contributed by atoms with van der Waals surface area (Å²) in [6.45, 7) is 0. The Bertz CT molecular complexity index is 48.8. The monoisotopic (exact) mass is 151 g/mol. The SMILES string of the molecule is CN(C)C=O.Cl.[Ca+2].[H-].[H-]. The third kappa shape index (κ3) is 19.4. The number of halogens is 1. The zero-order valence-electron chi connectivity index (χ0n) is 6.55. The van der Waals surface area contributed by atoms with Crippen molar-refractivity contribution in [3.63, 3.8) is 0 Å². The van der Waals surface area contributed by atoms with Crippen LogP contribution < -0.4 is 0 Å². The van der Waals surface area contributed by atoms with Crippen LogP contribution >= 0.6 is 12.4 Å². The fourth-order valence-electron chi connectivity index (χ4n) is 0. The third-order valence-electron chi connectivity index (χ3n) is 0.211. The minimum Gasteiger partial charge on any atom is -1.00 e. The van der Waals surface area contributed by atoms with Crippen LogP contribution in [0.3, 0.4) is 0 Å². The van der Waals surface area contributed by atoms with Gasteiger partial charge >= 0.3 is 37.7 Å². The Morgan fingerprint density at radius 2 is 1.71 bits per heavy atom. The summed E-state index contributed by atoms with van der Waals surface area (Å²) in [5, 5.41) is 0. The molecule has 0 aromatic rings. The van der Waals surface area contributed by atoms with Crippen molar-refractivity contribution in [1.82, 2.24) is 4.90 Å². The van der Waals surface area contributed by atoms with Crippen LogP contribution in [-0.2, 0) is 4.79 Å². The number of carbonyl (C=O) groups is 1. The molecule has 0 aromatic heterocycles. The van der Waals surface area contributed by atoms with Gasteiger partial charge in [-0.15, -0.1) is 12.4 Å². The van der Waals surface area contributed by atoms with Crippen LogP contribution in [0.4, 0.5) is 0 Å². The fraction of sp³-hybridized carbons (Fsp3) is 0.667. The van der Waals surface area contributed by atoms with E-state index >= 15 is 0 Å². The van der Waals surface area contributed by atoms with E-state index in [1.807, 2.05) is 0 Å². The number of rotatable bonds is 1. The Kier molecular flexibility index (Phi) is 22.6. The topological polar surface area (TPSA) is 20.3 Å². The number of carbonyl (C=O) groups excluding carboxylic acids is 1. The standard InChI is InChI=1S/C3H7NO.Ca.ClH.2H/c1-4(2)3-5;;;;/h3H,1-2H3;;1H;;/q;+2;;2*-1. The van der Waals surface area contributed by atoms with Gasteiger partial charge in [-0.3, -0.25) is 4.79 Å². The van der Waals surface area contributed by atoms with Crippen molar-refractivity contribution in [1.29, 1.82) is 0 Å². The molecule has 0 N–H and O–H groups in total. The van der Waals surface area contributed by atoms with Crippen LogP contribution in [0.5, 0.6) is 0 Å². The Morgan fingerprint density at radius 3 is 1.71 bits per heavy atom. The second-order valence-corrected chi connectivity index (χ2v) is 1.07. The van der Waals surface area contributed by atoms with E-state index < -0.39 is 0 Å². The molecule has 42 valence electrons. The molecule has 0 aliphatic rings. The maximum atomic E-state index is 9.43. The molecule has 2 nitrogen and oxygen atoms in total. The summed E-state index contributed by atoms with van der Waals surface area (Å²) in [6.07, 6.45) is 0.750. The van der Waals surface area contributed by atoms with Crippen LogP contribution in [0.15, 0.2) is 0 Å². The van der Waals surface area contributed by atoms with Gasteiger partial charge in [0.15, 0.2) is 0 Å². The first-order valence-corrected chi connectivity index (χ1v) is 1.39. The van der Waals surface area contributed by atoms with Crippen molar-refractivity contribution in [2.45, 2.75) is 0 Å². The molecular weight excluding hydrogens is 142 g/mol. The van der Waals surface area contributed by atoms with E-state index in [9.17, 15) is 4.79 Å². The van der Waals surface area contributed by atoms with E-state index in [1.165, 1.54) is 4.90 Å². The van der Waals surface area contributed by atoms with Crippen LogP contribution in [-0.4, -0.2) is 63.1 Å². The zero-order valence-corrected chi connectivity index (χ0v) is 7.57. The first kappa shape index (κ1) is 15.7. The van der Waals surface area contributed by atoms with Gasteiger partial charge in [0.1, 0.15) is 0 Å². The predicted molar refractivity (Wildman–Crippen MR) is 35.0 cm³/mol. The van der Waals surface area contributed by atoms with E-state index in [4.69, 9.17) is 0 Å². The molecule has 0 atom stereocenters. The second-order valence-electron chi connectivity index (χ2n) is 1.07. The molecule has 0 saturated carbocycles. The maximum absolute atomic E-state index is 9.43. The molecule has 0 fully saturated rings. The molecule has 0 bridgehead atoms. The fourth-order valence-corrected chi connectivity index (χ4v) is 0. The molecule has 0 aliphatic heterocycles. The minimum absolute atomic E-state index is 0. The molecule has 0 spiro atoms. The van der Waals surface area contributed by atoms with Gasteiger partial charge < -0.3 is 7.75 Å². The van der Waals surface area contributed by atoms with Crippen molar-refractivity contribution in [3.8, 4) is 0 Å². The van der Waals surface area contributed by atoms with Crippen molar-refractivity contribution in [2.24, 2.45) is 0 Å². The van der Waals surface area contributed by atoms with Crippen molar-refractivity contribution >= 4 is 56.6 Å². The molecular formula is C3H10CaClNO. The van der Waals surface area contributed by atoms with Gasteiger partial charge in [-0.05, 0) is 0 Å².